The summed E-state index contributed by atoms with van der Waals surface area (Å²) in [6.07, 6.45) is 1.07. The van der Waals surface area contributed by atoms with E-state index in [0.29, 0.717) is 37.8 Å². The summed E-state index contributed by atoms with van der Waals surface area (Å²) in [5.41, 5.74) is 1.55. The van der Waals surface area contributed by atoms with E-state index in [4.69, 9.17) is 9.47 Å². The van der Waals surface area contributed by atoms with Crippen LogP contribution in [0, 0.1) is 5.92 Å². The summed E-state index contributed by atoms with van der Waals surface area (Å²) in [5, 5.41) is 4.29. The molecule has 2 fully saturated rings. The fraction of sp³-hybridized carbons (Fsp3) is 0.474. The van der Waals surface area contributed by atoms with Gasteiger partial charge in [-0.25, -0.2) is 4.98 Å². The van der Waals surface area contributed by atoms with E-state index in [1.165, 1.54) is 0 Å². The molecule has 2 aliphatic rings. The van der Waals surface area contributed by atoms with E-state index in [-0.39, 0.29) is 5.91 Å². The first-order chi connectivity index (χ1) is 12.3. The first kappa shape index (κ1) is 16.3. The van der Waals surface area contributed by atoms with Gasteiger partial charge in [0.1, 0.15) is 5.82 Å². The highest BCUT2D eigenvalue weighted by Crippen LogP contribution is 2.23. The number of carbonyl (C=O) groups excluding carboxylic acids is 1. The summed E-state index contributed by atoms with van der Waals surface area (Å²) < 4.78 is 10.8. The third-order valence-electron chi connectivity index (χ3n) is 4.84. The molecule has 2 aliphatic heterocycles. The van der Waals surface area contributed by atoms with Gasteiger partial charge in [-0.05, 0) is 18.6 Å². The van der Waals surface area contributed by atoms with Gasteiger partial charge in [0.05, 0.1) is 30.9 Å². The molecule has 1 N–H and O–H groups in total. The molecule has 3 heterocycles. The predicted molar refractivity (Wildman–Crippen MR) is 95.9 cm³/mol. The zero-order valence-electron chi connectivity index (χ0n) is 14.2. The lowest BCUT2D eigenvalue weighted by Gasteiger charge is -2.27. The van der Waals surface area contributed by atoms with Crippen molar-refractivity contribution in [2.45, 2.75) is 6.42 Å². The van der Waals surface area contributed by atoms with E-state index in [0.717, 1.165) is 42.9 Å². The second kappa shape index (κ2) is 7.37. The number of carbonyl (C=O) groups is 1. The lowest BCUT2D eigenvalue weighted by atomic mass is 10.1. The molecule has 1 aromatic carbocycles. The normalized spacial score (nSPS) is 20.8. The van der Waals surface area contributed by atoms with Crippen LogP contribution in [-0.4, -0.2) is 61.9 Å². The number of morpholine rings is 1. The lowest BCUT2D eigenvalue weighted by molar-refractivity contribution is 0.0304. The summed E-state index contributed by atoms with van der Waals surface area (Å²) in [5.74, 6) is 1.31. The van der Waals surface area contributed by atoms with Crippen LogP contribution in [0.5, 0.6) is 0 Å². The zero-order valence-corrected chi connectivity index (χ0v) is 14.2. The summed E-state index contributed by atoms with van der Waals surface area (Å²) in [6, 6.07) is 9.70. The molecular weight excluding hydrogens is 318 g/mol. The number of anilines is 1. The van der Waals surface area contributed by atoms with E-state index in [1.807, 2.05) is 35.2 Å². The molecule has 2 saturated heterocycles. The molecular formula is C19H23N3O3. The Bertz CT molecular complexity index is 753. The average Bonchev–Trinajstić information content (AvgIpc) is 3.19. The van der Waals surface area contributed by atoms with Crippen LogP contribution in [0.1, 0.15) is 16.8 Å². The molecule has 0 bridgehead atoms. The van der Waals surface area contributed by atoms with Crippen LogP contribution in [0.4, 0.5) is 5.82 Å². The van der Waals surface area contributed by atoms with Crippen molar-refractivity contribution in [2.24, 2.45) is 5.92 Å². The number of benzene rings is 1. The van der Waals surface area contributed by atoms with E-state index in [1.54, 1.807) is 0 Å². The number of fused-ring (bicyclic) bond motifs is 1. The molecule has 2 aromatic rings. The minimum atomic E-state index is 0.0501. The van der Waals surface area contributed by atoms with Crippen LogP contribution >= 0.6 is 0 Å². The summed E-state index contributed by atoms with van der Waals surface area (Å²) in [7, 11) is 0. The van der Waals surface area contributed by atoms with E-state index < -0.39 is 0 Å². The first-order valence-corrected chi connectivity index (χ1v) is 8.90. The largest absolute Gasteiger partial charge is 0.381 e. The number of aromatic nitrogens is 1. The monoisotopic (exact) mass is 341 g/mol. The first-order valence-electron chi connectivity index (χ1n) is 8.90. The molecule has 6 nitrogen and oxygen atoms in total. The number of para-hydroxylation sites is 1. The van der Waals surface area contributed by atoms with E-state index in [2.05, 4.69) is 10.3 Å². The highest BCUT2D eigenvalue weighted by Gasteiger charge is 2.22. The van der Waals surface area contributed by atoms with Crippen LogP contribution in [0.25, 0.3) is 10.9 Å². The molecule has 25 heavy (non-hydrogen) atoms. The number of pyridine rings is 1. The summed E-state index contributed by atoms with van der Waals surface area (Å²) >= 11 is 0. The molecule has 132 valence electrons. The molecule has 0 aliphatic carbocycles. The topological polar surface area (TPSA) is 63.7 Å². The standard InChI is InChI=1S/C19H23N3O3/c23-19(22-6-9-24-10-7-22)16-11-18(20-12-14-5-8-25-13-14)21-17-4-2-1-3-15(16)17/h1-4,11,14H,5-10,12-13H2,(H,20,21)/t14-/m1/s1. The van der Waals surface area contributed by atoms with Crippen LogP contribution in [0.3, 0.4) is 0 Å². The van der Waals surface area contributed by atoms with Crippen molar-refractivity contribution in [1.82, 2.24) is 9.88 Å². The average molecular weight is 341 g/mol. The van der Waals surface area contributed by atoms with Gasteiger partial charge in [-0.3, -0.25) is 4.79 Å². The number of nitrogens with zero attached hydrogens (tertiary/aromatic N) is 2. The predicted octanol–water partition coefficient (Wildman–Crippen LogP) is 2.16. The van der Waals surface area contributed by atoms with Gasteiger partial charge in [-0.2, -0.15) is 0 Å². The Kier molecular flexibility index (Phi) is 4.81. The minimum Gasteiger partial charge on any atom is -0.381 e. The van der Waals surface area contributed by atoms with Crippen molar-refractivity contribution in [3.05, 3.63) is 35.9 Å². The number of hydrogen-bond donors (Lipinski definition) is 1. The van der Waals surface area contributed by atoms with Crippen molar-refractivity contribution in [1.29, 1.82) is 0 Å². The summed E-state index contributed by atoms with van der Waals surface area (Å²) in [4.78, 5) is 19.6. The molecule has 0 unspecified atom stereocenters. The van der Waals surface area contributed by atoms with Gasteiger partial charge in [-0.15, -0.1) is 0 Å². The second-order valence-corrected chi connectivity index (χ2v) is 6.59. The molecule has 1 aromatic heterocycles. The number of ether oxygens (including phenoxy) is 2. The van der Waals surface area contributed by atoms with Gasteiger partial charge in [-0.1, -0.05) is 18.2 Å². The Morgan fingerprint density at radius 1 is 1.20 bits per heavy atom. The highest BCUT2D eigenvalue weighted by atomic mass is 16.5. The van der Waals surface area contributed by atoms with Gasteiger partial charge in [0, 0.05) is 37.5 Å². The molecule has 0 spiro atoms. The fourth-order valence-electron chi connectivity index (χ4n) is 3.37. The van der Waals surface area contributed by atoms with Crippen LogP contribution < -0.4 is 5.32 Å². The van der Waals surface area contributed by atoms with Crippen molar-refractivity contribution in [3.8, 4) is 0 Å². The lowest BCUT2D eigenvalue weighted by Crippen LogP contribution is -2.40. The molecule has 0 saturated carbocycles. The Morgan fingerprint density at radius 3 is 2.84 bits per heavy atom. The second-order valence-electron chi connectivity index (χ2n) is 6.59. The third-order valence-corrected chi connectivity index (χ3v) is 4.84. The molecule has 6 heteroatoms. The highest BCUT2D eigenvalue weighted by molar-refractivity contribution is 6.07. The minimum absolute atomic E-state index is 0.0501. The third kappa shape index (κ3) is 3.60. The van der Waals surface area contributed by atoms with Gasteiger partial charge in [0.2, 0.25) is 0 Å². The van der Waals surface area contributed by atoms with Crippen molar-refractivity contribution < 1.29 is 14.3 Å². The molecule has 1 atom stereocenters. The Morgan fingerprint density at radius 2 is 2.04 bits per heavy atom. The van der Waals surface area contributed by atoms with Crippen molar-refractivity contribution >= 4 is 22.6 Å². The Balaban J connectivity index is 1.62. The van der Waals surface area contributed by atoms with Crippen molar-refractivity contribution in [2.75, 3.05) is 51.4 Å². The quantitative estimate of drug-likeness (QED) is 0.923. The van der Waals surface area contributed by atoms with E-state index >= 15 is 0 Å². The number of nitrogens with one attached hydrogen (secondary N) is 1. The molecule has 1 amide bonds. The smallest absolute Gasteiger partial charge is 0.254 e. The number of hydrogen-bond acceptors (Lipinski definition) is 5. The molecule has 0 radical (unpaired) electrons. The fourth-order valence-corrected chi connectivity index (χ4v) is 3.37. The van der Waals surface area contributed by atoms with Gasteiger partial charge >= 0.3 is 0 Å². The number of rotatable bonds is 4. The SMILES string of the molecule is O=C(c1cc(NC[C@H]2CCOC2)nc2ccccc12)N1CCOCC1. The van der Waals surface area contributed by atoms with Gasteiger partial charge in [0.25, 0.3) is 5.91 Å². The van der Waals surface area contributed by atoms with Gasteiger partial charge < -0.3 is 19.7 Å². The van der Waals surface area contributed by atoms with Crippen LogP contribution in [-0.2, 0) is 9.47 Å². The van der Waals surface area contributed by atoms with Gasteiger partial charge in [0.15, 0.2) is 0 Å². The zero-order chi connectivity index (χ0) is 17.1. The van der Waals surface area contributed by atoms with Crippen molar-refractivity contribution in [3.63, 3.8) is 0 Å². The van der Waals surface area contributed by atoms with Crippen LogP contribution in [0.2, 0.25) is 0 Å². The van der Waals surface area contributed by atoms with Crippen LogP contribution in [0.15, 0.2) is 30.3 Å². The maximum absolute atomic E-state index is 13.0. The number of amides is 1. The molecule has 4 rings (SSSR count). The summed E-state index contributed by atoms with van der Waals surface area (Å²) in [6.45, 7) is 4.91. The Hall–Kier alpha value is -2.18. The Labute approximate surface area is 147 Å². The maximum Gasteiger partial charge on any atom is 0.254 e. The van der Waals surface area contributed by atoms with E-state index in [9.17, 15) is 4.79 Å². The maximum atomic E-state index is 13.0.